The number of hydrogen-bond acceptors (Lipinski definition) is 2. The molecule has 1 aromatic carbocycles. The van der Waals surface area contributed by atoms with Gasteiger partial charge in [-0.15, -0.1) is 11.8 Å². The van der Waals surface area contributed by atoms with Crippen LogP contribution >= 0.6 is 27.7 Å². The van der Waals surface area contributed by atoms with Crippen LogP contribution in [0.3, 0.4) is 0 Å². The number of halogens is 1. The molecule has 0 aliphatic carbocycles. The molecule has 0 radical (unpaired) electrons. The van der Waals surface area contributed by atoms with Crippen LogP contribution in [0.4, 0.5) is 0 Å². The van der Waals surface area contributed by atoms with Crippen molar-refractivity contribution < 1.29 is 4.74 Å². The number of methoxy groups -OCH3 is 1. The second kappa shape index (κ2) is 4.67. The number of benzene rings is 1. The number of alkyl halides is 1. The minimum atomic E-state index is 0.906. The van der Waals surface area contributed by atoms with E-state index in [1.807, 2.05) is 24.3 Å². The standard InChI is InChI=1S/C8H9BrOS/c1-10-7-2-4-8(5-3-7)11-6-9/h2-5H,6H2,1H3. The van der Waals surface area contributed by atoms with Crippen LogP contribution < -0.4 is 4.74 Å². The second-order valence-electron chi connectivity index (χ2n) is 1.93. The molecule has 0 aromatic heterocycles. The topological polar surface area (TPSA) is 9.23 Å². The Kier molecular flexibility index (Phi) is 3.80. The van der Waals surface area contributed by atoms with Crippen molar-refractivity contribution in [3.8, 4) is 5.75 Å². The predicted octanol–water partition coefficient (Wildman–Crippen LogP) is 3.14. The Labute approximate surface area is 79.3 Å². The molecule has 0 bridgehead atoms. The van der Waals surface area contributed by atoms with Crippen LogP contribution in [0.2, 0.25) is 0 Å². The fraction of sp³-hybridized carbons (Fsp3) is 0.250. The van der Waals surface area contributed by atoms with Crippen molar-refractivity contribution in [2.75, 3.05) is 11.8 Å². The Morgan fingerprint density at radius 1 is 1.36 bits per heavy atom. The Morgan fingerprint density at radius 2 is 2.00 bits per heavy atom. The molecule has 0 unspecified atom stereocenters. The van der Waals surface area contributed by atoms with E-state index in [9.17, 15) is 0 Å². The molecular formula is C8H9BrOS. The summed E-state index contributed by atoms with van der Waals surface area (Å²) in [5, 5.41) is 0. The van der Waals surface area contributed by atoms with E-state index in [4.69, 9.17) is 4.74 Å². The third-order valence-corrected chi connectivity index (χ3v) is 2.68. The average molecular weight is 233 g/mol. The first-order valence-electron chi connectivity index (χ1n) is 3.19. The Balaban J connectivity index is 2.66. The van der Waals surface area contributed by atoms with Crippen LogP contribution in [-0.4, -0.2) is 11.8 Å². The summed E-state index contributed by atoms with van der Waals surface area (Å²) in [6.45, 7) is 0. The van der Waals surface area contributed by atoms with Crippen LogP contribution in [0.1, 0.15) is 0 Å². The molecule has 0 spiro atoms. The van der Waals surface area contributed by atoms with E-state index in [0.717, 1.165) is 10.4 Å². The third kappa shape index (κ3) is 2.75. The van der Waals surface area contributed by atoms with Crippen molar-refractivity contribution in [1.29, 1.82) is 0 Å². The van der Waals surface area contributed by atoms with E-state index in [0.29, 0.717) is 0 Å². The van der Waals surface area contributed by atoms with Crippen LogP contribution in [0.15, 0.2) is 29.2 Å². The normalized spacial score (nSPS) is 9.64. The summed E-state index contributed by atoms with van der Waals surface area (Å²) in [4.78, 5) is 1.25. The van der Waals surface area contributed by atoms with Gasteiger partial charge in [-0.3, -0.25) is 0 Å². The minimum Gasteiger partial charge on any atom is -0.497 e. The first-order valence-corrected chi connectivity index (χ1v) is 5.30. The molecule has 0 fully saturated rings. The molecule has 0 aliphatic heterocycles. The molecule has 0 saturated carbocycles. The van der Waals surface area contributed by atoms with Crippen molar-refractivity contribution in [2.24, 2.45) is 0 Å². The molecule has 0 N–H and O–H groups in total. The molecule has 1 rings (SSSR count). The van der Waals surface area contributed by atoms with E-state index >= 15 is 0 Å². The van der Waals surface area contributed by atoms with Gasteiger partial charge in [0.25, 0.3) is 0 Å². The molecule has 0 saturated heterocycles. The lowest BCUT2D eigenvalue weighted by Crippen LogP contribution is -1.80. The maximum absolute atomic E-state index is 5.03. The fourth-order valence-corrected chi connectivity index (χ4v) is 1.98. The highest BCUT2D eigenvalue weighted by atomic mass is 79.9. The molecule has 0 aliphatic rings. The highest BCUT2D eigenvalue weighted by Crippen LogP contribution is 2.22. The van der Waals surface area contributed by atoms with Crippen molar-refractivity contribution >= 4 is 27.7 Å². The molecule has 0 amide bonds. The van der Waals surface area contributed by atoms with Gasteiger partial charge in [-0.2, -0.15) is 0 Å². The van der Waals surface area contributed by atoms with Gasteiger partial charge in [-0.25, -0.2) is 0 Å². The Morgan fingerprint density at radius 3 is 2.45 bits per heavy atom. The Hall–Kier alpha value is -0.150. The zero-order valence-corrected chi connectivity index (χ0v) is 8.61. The number of hydrogen-bond donors (Lipinski definition) is 0. The van der Waals surface area contributed by atoms with Crippen molar-refractivity contribution in [3.63, 3.8) is 0 Å². The lowest BCUT2D eigenvalue weighted by Gasteiger charge is -2.00. The van der Waals surface area contributed by atoms with Gasteiger partial charge in [0.15, 0.2) is 0 Å². The average Bonchev–Trinajstić information content (AvgIpc) is 2.07. The first-order chi connectivity index (χ1) is 5.36. The van der Waals surface area contributed by atoms with Crippen molar-refractivity contribution in [1.82, 2.24) is 0 Å². The highest BCUT2D eigenvalue weighted by Gasteiger charge is 1.92. The maximum Gasteiger partial charge on any atom is 0.118 e. The molecule has 11 heavy (non-hydrogen) atoms. The van der Waals surface area contributed by atoms with Gasteiger partial charge >= 0.3 is 0 Å². The molecule has 1 aromatic rings. The van der Waals surface area contributed by atoms with Crippen LogP contribution in [0.5, 0.6) is 5.75 Å². The van der Waals surface area contributed by atoms with Gasteiger partial charge in [0, 0.05) is 4.90 Å². The summed E-state index contributed by atoms with van der Waals surface area (Å²) in [6.07, 6.45) is 0. The van der Waals surface area contributed by atoms with E-state index in [1.54, 1.807) is 18.9 Å². The predicted molar refractivity (Wildman–Crippen MR) is 52.6 cm³/mol. The first kappa shape index (κ1) is 8.94. The van der Waals surface area contributed by atoms with Crippen LogP contribution in [0, 0.1) is 0 Å². The third-order valence-electron chi connectivity index (χ3n) is 1.28. The van der Waals surface area contributed by atoms with Gasteiger partial charge in [0.05, 0.1) is 11.8 Å². The monoisotopic (exact) mass is 232 g/mol. The van der Waals surface area contributed by atoms with Crippen LogP contribution in [0.25, 0.3) is 0 Å². The van der Waals surface area contributed by atoms with Gasteiger partial charge in [0.2, 0.25) is 0 Å². The summed E-state index contributed by atoms with van der Waals surface area (Å²) in [6, 6.07) is 8.02. The molecule has 1 nitrogen and oxygen atoms in total. The lowest BCUT2D eigenvalue weighted by atomic mass is 10.3. The number of rotatable bonds is 3. The summed E-state index contributed by atoms with van der Waals surface area (Å²) >= 11 is 5.11. The summed E-state index contributed by atoms with van der Waals surface area (Å²) < 4.78 is 5.96. The smallest absolute Gasteiger partial charge is 0.118 e. The van der Waals surface area contributed by atoms with E-state index in [-0.39, 0.29) is 0 Å². The highest BCUT2D eigenvalue weighted by molar-refractivity contribution is 9.11. The van der Waals surface area contributed by atoms with E-state index in [1.165, 1.54) is 4.90 Å². The molecule has 0 heterocycles. The van der Waals surface area contributed by atoms with Crippen molar-refractivity contribution in [2.45, 2.75) is 4.90 Å². The van der Waals surface area contributed by atoms with Gasteiger partial charge in [-0.1, -0.05) is 15.9 Å². The fourth-order valence-electron chi connectivity index (χ4n) is 0.735. The quantitative estimate of drug-likeness (QED) is 0.585. The molecule has 60 valence electrons. The van der Waals surface area contributed by atoms with Gasteiger partial charge in [-0.05, 0) is 24.3 Å². The Bertz CT molecular complexity index is 210. The van der Waals surface area contributed by atoms with Gasteiger partial charge < -0.3 is 4.74 Å². The van der Waals surface area contributed by atoms with Gasteiger partial charge in [0.1, 0.15) is 5.75 Å². The van der Waals surface area contributed by atoms with E-state index < -0.39 is 0 Å². The summed E-state index contributed by atoms with van der Waals surface area (Å²) in [5.41, 5.74) is 0. The van der Waals surface area contributed by atoms with Crippen LogP contribution in [-0.2, 0) is 0 Å². The molecule has 3 heteroatoms. The zero-order chi connectivity index (χ0) is 8.10. The van der Waals surface area contributed by atoms with E-state index in [2.05, 4.69) is 15.9 Å². The SMILES string of the molecule is COc1ccc(SCBr)cc1. The molecule has 0 atom stereocenters. The largest absolute Gasteiger partial charge is 0.497 e. The number of thioether (sulfide) groups is 1. The second-order valence-corrected chi connectivity index (χ2v) is 4.28. The molecular weight excluding hydrogens is 224 g/mol. The summed E-state index contributed by atoms with van der Waals surface area (Å²) in [7, 11) is 1.67. The number of ether oxygens (including phenoxy) is 1. The summed E-state index contributed by atoms with van der Waals surface area (Å²) in [5.74, 6) is 0.906. The lowest BCUT2D eigenvalue weighted by molar-refractivity contribution is 0.414. The zero-order valence-electron chi connectivity index (χ0n) is 6.21. The minimum absolute atomic E-state index is 0.906. The van der Waals surface area contributed by atoms with Crippen molar-refractivity contribution in [3.05, 3.63) is 24.3 Å². The maximum atomic E-state index is 5.03.